The van der Waals surface area contributed by atoms with Gasteiger partial charge in [0.2, 0.25) is 0 Å². The largest absolute Gasteiger partial charge is 0.316 e. The van der Waals surface area contributed by atoms with Crippen molar-refractivity contribution >= 4 is 11.9 Å². The molecule has 0 aliphatic heterocycles. The summed E-state index contributed by atoms with van der Waals surface area (Å²) < 4.78 is 14.9. The fourth-order valence-electron chi connectivity index (χ4n) is 1.99. The third kappa shape index (κ3) is 2.67. The minimum absolute atomic E-state index is 0.253. The Morgan fingerprint density at radius 3 is 2.35 bits per heavy atom. The van der Waals surface area contributed by atoms with Gasteiger partial charge in [0, 0.05) is 11.9 Å². The second kappa shape index (κ2) is 5.53. The van der Waals surface area contributed by atoms with Crippen LogP contribution in [0.25, 0.3) is 5.69 Å². The van der Waals surface area contributed by atoms with Gasteiger partial charge in [-0.05, 0) is 48.5 Å². The van der Waals surface area contributed by atoms with E-state index in [9.17, 15) is 4.39 Å². The molecule has 98 valence electrons. The summed E-state index contributed by atoms with van der Waals surface area (Å²) >= 11 is 0. The van der Waals surface area contributed by atoms with E-state index in [-0.39, 0.29) is 5.82 Å². The first kappa shape index (κ1) is 12.4. The molecule has 2 nitrogen and oxygen atoms in total. The zero-order valence-electron chi connectivity index (χ0n) is 10.8. The van der Waals surface area contributed by atoms with Crippen LogP contribution >= 0.6 is 0 Å². The van der Waals surface area contributed by atoms with Gasteiger partial charge >= 0.3 is 0 Å². The van der Waals surface area contributed by atoms with Crippen molar-refractivity contribution < 1.29 is 4.39 Å². The van der Waals surface area contributed by atoms with Crippen LogP contribution in [0.1, 0.15) is 5.69 Å². The smallest absolute Gasteiger partial charge is 0.123 e. The molecule has 1 aromatic heterocycles. The first-order valence-corrected chi connectivity index (χ1v) is 6.35. The second-order valence-electron chi connectivity index (χ2n) is 4.37. The molecule has 3 heteroatoms. The zero-order valence-corrected chi connectivity index (χ0v) is 10.8. The number of aliphatic imine (C=N–C) groups is 1. The Labute approximate surface area is 116 Å². The molecule has 0 bridgehead atoms. The number of hydrogen-bond acceptors (Lipinski definition) is 1. The predicted molar refractivity (Wildman–Crippen MR) is 79.4 cm³/mol. The monoisotopic (exact) mass is 264 g/mol. The summed E-state index contributed by atoms with van der Waals surface area (Å²) in [6, 6.07) is 20.1. The Kier molecular flexibility index (Phi) is 3.42. The van der Waals surface area contributed by atoms with E-state index < -0.39 is 0 Å². The highest BCUT2D eigenvalue weighted by atomic mass is 19.1. The summed E-state index contributed by atoms with van der Waals surface area (Å²) in [5.41, 5.74) is 2.78. The van der Waals surface area contributed by atoms with Crippen LogP contribution in [0.5, 0.6) is 0 Å². The Morgan fingerprint density at radius 2 is 1.60 bits per heavy atom. The maximum absolute atomic E-state index is 12.8. The molecule has 0 unspecified atom stereocenters. The molecule has 0 N–H and O–H groups in total. The van der Waals surface area contributed by atoms with Gasteiger partial charge in [0.1, 0.15) is 5.82 Å². The molecular weight excluding hydrogens is 251 g/mol. The Hall–Kier alpha value is -2.68. The minimum atomic E-state index is -0.253. The van der Waals surface area contributed by atoms with Crippen molar-refractivity contribution in [1.82, 2.24) is 4.57 Å². The summed E-state index contributed by atoms with van der Waals surface area (Å²) in [5.74, 6) is -0.253. The molecule has 0 spiro atoms. The predicted octanol–water partition coefficient (Wildman–Crippen LogP) is 4.37. The molecule has 0 aliphatic rings. The van der Waals surface area contributed by atoms with Gasteiger partial charge in [-0.1, -0.05) is 18.2 Å². The number of nitrogens with zero attached hydrogens (tertiary/aromatic N) is 2. The third-order valence-corrected chi connectivity index (χ3v) is 2.99. The van der Waals surface area contributed by atoms with Crippen LogP contribution in [0.15, 0.2) is 77.9 Å². The van der Waals surface area contributed by atoms with E-state index in [1.54, 1.807) is 18.3 Å². The molecule has 0 radical (unpaired) electrons. The van der Waals surface area contributed by atoms with Crippen LogP contribution < -0.4 is 0 Å². The van der Waals surface area contributed by atoms with Gasteiger partial charge in [-0.15, -0.1) is 0 Å². The highest BCUT2D eigenvalue weighted by Crippen LogP contribution is 2.14. The average molecular weight is 264 g/mol. The summed E-state index contributed by atoms with van der Waals surface area (Å²) in [6.07, 6.45) is 3.77. The molecular formula is C17H13FN2. The second-order valence-corrected chi connectivity index (χ2v) is 4.37. The van der Waals surface area contributed by atoms with E-state index in [0.29, 0.717) is 0 Å². The first-order valence-electron chi connectivity index (χ1n) is 6.35. The topological polar surface area (TPSA) is 17.3 Å². The summed E-state index contributed by atoms with van der Waals surface area (Å²) in [6.45, 7) is 0. The van der Waals surface area contributed by atoms with E-state index in [0.717, 1.165) is 17.1 Å². The Bertz CT molecular complexity index is 712. The van der Waals surface area contributed by atoms with Gasteiger partial charge in [0.05, 0.1) is 17.6 Å². The van der Waals surface area contributed by atoms with Gasteiger partial charge in [0.15, 0.2) is 0 Å². The summed E-state index contributed by atoms with van der Waals surface area (Å²) in [7, 11) is 0. The normalized spacial score (nSPS) is 11.1. The number of hydrogen-bond donors (Lipinski definition) is 0. The van der Waals surface area contributed by atoms with Crippen LogP contribution in [0.4, 0.5) is 10.1 Å². The number of benzene rings is 2. The maximum atomic E-state index is 12.8. The van der Waals surface area contributed by atoms with Crippen molar-refractivity contribution in [2.45, 2.75) is 0 Å². The molecule has 3 aromatic rings. The van der Waals surface area contributed by atoms with Crippen molar-refractivity contribution in [3.8, 4) is 5.69 Å². The van der Waals surface area contributed by atoms with Crippen molar-refractivity contribution in [1.29, 1.82) is 0 Å². The van der Waals surface area contributed by atoms with Crippen LogP contribution in [0, 0.1) is 5.82 Å². The SMILES string of the molecule is Fc1ccc(N=Cc2cccn2-c2ccccc2)cc1. The third-order valence-electron chi connectivity index (χ3n) is 2.99. The van der Waals surface area contributed by atoms with Gasteiger partial charge in [0.25, 0.3) is 0 Å². The lowest BCUT2D eigenvalue weighted by atomic mass is 10.3. The van der Waals surface area contributed by atoms with E-state index in [1.807, 2.05) is 53.2 Å². The van der Waals surface area contributed by atoms with E-state index in [4.69, 9.17) is 0 Å². The molecule has 20 heavy (non-hydrogen) atoms. The van der Waals surface area contributed by atoms with Crippen LogP contribution in [0.3, 0.4) is 0 Å². The highest BCUT2D eigenvalue weighted by Gasteiger charge is 2.00. The molecule has 2 aromatic carbocycles. The first-order chi connectivity index (χ1) is 9.83. The standard InChI is InChI=1S/C17H13FN2/c18-14-8-10-15(11-9-14)19-13-17-7-4-12-20(17)16-5-2-1-3-6-16/h1-13H. The molecule has 0 amide bonds. The molecule has 3 rings (SSSR count). The number of para-hydroxylation sites is 1. The lowest BCUT2D eigenvalue weighted by Gasteiger charge is -2.05. The average Bonchev–Trinajstić information content (AvgIpc) is 2.96. The number of aromatic nitrogens is 1. The van der Waals surface area contributed by atoms with E-state index in [2.05, 4.69) is 4.99 Å². The van der Waals surface area contributed by atoms with Crippen molar-refractivity contribution in [2.24, 2.45) is 4.99 Å². The fraction of sp³-hybridized carbons (Fsp3) is 0. The van der Waals surface area contributed by atoms with Crippen LogP contribution in [0.2, 0.25) is 0 Å². The van der Waals surface area contributed by atoms with Gasteiger partial charge in [-0.2, -0.15) is 0 Å². The van der Waals surface area contributed by atoms with Gasteiger partial charge < -0.3 is 4.57 Å². The van der Waals surface area contributed by atoms with Gasteiger partial charge in [-0.3, -0.25) is 4.99 Å². The molecule has 0 aliphatic carbocycles. The fourth-order valence-corrected chi connectivity index (χ4v) is 1.99. The number of halogens is 1. The number of rotatable bonds is 3. The van der Waals surface area contributed by atoms with Crippen LogP contribution in [-0.4, -0.2) is 10.8 Å². The van der Waals surface area contributed by atoms with E-state index >= 15 is 0 Å². The highest BCUT2D eigenvalue weighted by molar-refractivity contribution is 5.81. The minimum Gasteiger partial charge on any atom is -0.316 e. The van der Waals surface area contributed by atoms with Crippen molar-refractivity contribution in [2.75, 3.05) is 0 Å². The lowest BCUT2D eigenvalue weighted by Crippen LogP contribution is -1.97. The summed E-state index contributed by atoms with van der Waals surface area (Å²) in [4.78, 5) is 4.36. The van der Waals surface area contributed by atoms with E-state index in [1.165, 1.54) is 12.1 Å². The van der Waals surface area contributed by atoms with Crippen LogP contribution in [-0.2, 0) is 0 Å². The molecule has 1 heterocycles. The summed E-state index contributed by atoms with van der Waals surface area (Å²) in [5, 5.41) is 0. The molecule has 0 atom stereocenters. The quantitative estimate of drug-likeness (QED) is 0.625. The molecule has 0 saturated carbocycles. The Balaban J connectivity index is 1.89. The zero-order chi connectivity index (χ0) is 13.8. The maximum Gasteiger partial charge on any atom is 0.123 e. The molecule has 0 saturated heterocycles. The molecule has 0 fully saturated rings. The van der Waals surface area contributed by atoms with Crippen molar-refractivity contribution in [3.63, 3.8) is 0 Å². The lowest BCUT2D eigenvalue weighted by molar-refractivity contribution is 0.628. The van der Waals surface area contributed by atoms with Gasteiger partial charge in [-0.25, -0.2) is 4.39 Å². The Morgan fingerprint density at radius 1 is 0.850 bits per heavy atom. The van der Waals surface area contributed by atoms with Crippen molar-refractivity contribution in [3.05, 3.63) is 84.4 Å².